The van der Waals surface area contributed by atoms with Crippen LogP contribution in [0.2, 0.25) is 0 Å². The number of para-hydroxylation sites is 1. The van der Waals surface area contributed by atoms with E-state index in [-0.39, 0.29) is 11.8 Å². The molecule has 0 N–H and O–H groups in total. The summed E-state index contributed by atoms with van der Waals surface area (Å²) in [6.45, 7) is 5.02. The van der Waals surface area contributed by atoms with E-state index in [4.69, 9.17) is 0 Å². The van der Waals surface area contributed by atoms with Crippen LogP contribution >= 0.6 is 0 Å². The molecule has 2 amide bonds. The SMILES string of the molecule is CCCC(=O)N1CCCN1C(=O)c1cnn(-c2ccccc2)c1C. The van der Waals surface area contributed by atoms with Crippen molar-refractivity contribution >= 4 is 11.8 Å². The van der Waals surface area contributed by atoms with E-state index in [9.17, 15) is 9.59 Å². The van der Waals surface area contributed by atoms with Crippen LogP contribution in [-0.2, 0) is 4.79 Å². The topological polar surface area (TPSA) is 58.4 Å². The van der Waals surface area contributed by atoms with Gasteiger partial charge in [-0.2, -0.15) is 5.10 Å². The molecule has 2 heterocycles. The van der Waals surface area contributed by atoms with Crippen LogP contribution in [0.1, 0.15) is 42.2 Å². The van der Waals surface area contributed by atoms with Crippen LogP contribution in [0.5, 0.6) is 0 Å². The quantitative estimate of drug-likeness (QED) is 0.867. The molecule has 0 spiro atoms. The molecule has 0 radical (unpaired) electrons. The molecule has 1 fully saturated rings. The van der Waals surface area contributed by atoms with E-state index in [0.717, 1.165) is 24.2 Å². The van der Waals surface area contributed by atoms with E-state index in [2.05, 4.69) is 5.10 Å². The summed E-state index contributed by atoms with van der Waals surface area (Å²) in [5, 5.41) is 7.51. The number of hydrogen-bond donors (Lipinski definition) is 0. The summed E-state index contributed by atoms with van der Waals surface area (Å²) in [5.74, 6) is -0.145. The second kappa shape index (κ2) is 6.86. The number of aromatic nitrogens is 2. The molecule has 6 nitrogen and oxygen atoms in total. The van der Waals surface area contributed by atoms with Crippen molar-refractivity contribution < 1.29 is 9.59 Å². The van der Waals surface area contributed by atoms with Crippen molar-refractivity contribution in [1.82, 2.24) is 19.8 Å². The Labute approximate surface area is 141 Å². The predicted octanol–water partition coefficient (Wildman–Crippen LogP) is 2.57. The second-order valence-electron chi connectivity index (χ2n) is 5.94. The molecule has 0 unspecified atom stereocenters. The van der Waals surface area contributed by atoms with Gasteiger partial charge in [-0.25, -0.2) is 9.69 Å². The van der Waals surface area contributed by atoms with Crippen LogP contribution < -0.4 is 0 Å². The summed E-state index contributed by atoms with van der Waals surface area (Å²) in [7, 11) is 0. The minimum Gasteiger partial charge on any atom is -0.273 e. The molecule has 1 saturated heterocycles. The van der Waals surface area contributed by atoms with Crippen molar-refractivity contribution in [1.29, 1.82) is 0 Å². The predicted molar refractivity (Wildman–Crippen MR) is 90.6 cm³/mol. The fraction of sp³-hybridized carbons (Fsp3) is 0.389. The van der Waals surface area contributed by atoms with E-state index < -0.39 is 0 Å². The van der Waals surface area contributed by atoms with Gasteiger partial charge in [0.15, 0.2) is 0 Å². The van der Waals surface area contributed by atoms with Crippen LogP contribution in [0, 0.1) is 6.92 Å². The van der Waals surface area contributed by atoms with Crippen LogP contribution in [0.4, 0.5) is 0 Å². The van der Waals surface area contributed by atoms with Crippen LogP contribution in [0.15, 0.2) is 36.5 Å². The smallest absolute Gasteiger partial charge is 0.273 e. The normalized spacial score (nSPS) is 14.2. The Morgan fingerprint density at radius 3 is 2.54 bits per heavy atom. The third kappa shape index (κ3) is 2.91. The monoisotopic (exact) mass is 326 g/mol. The molecule has 24 heavy (non-hydrogen) atoms. The van der Waals surface area contributed by atoms with E-state index in [0.29, 0.717) is 25.1 Å². The Kier molecular flexibility index (Phi) is 4.64. The maximum Gasteiger partial charge on any atom is 0.275 e. The lowest BCUT2D eigenvalue weighted by atomic mass is 10.2. The number of rotatable bonds is 4. The van der Waals surface area contributed by atoms with Crippen LogP contribution in [0.25, 0.3) is 5.69 Å². The Morgan fingerprint density at radius 2 is 1.83 bits per heavy atom. The number of carbonyl (C=O) groups is 2. The first kappa shape index (κ1) is 16.2. The fourth-order valence-corrected chi connectivity index (χ4v) is 3.01. The zero-order chi connectivity index (χ0) is 17.1. The first-order valence-electron chi connectivity index (χ1n) is 8.35. The highest BCUT2D eigenvalue weighted by atomic mass is 16.2. The van der Waals surface area contributed by atoms with Crippen molar-refractivity contribution in [2.24, 2.45) is 0 Å². The second-order valence-corrected chi connectivity index (χ2v) is 5.94. The van der Waals surface area contributed by atoms with Gasteiger partial charge < -0.3 is 0 Å². The molecule has 0 saturated carbocycles. The van der Waals surface area contributed by atoms with Crippen molar-refractivity contribution in [3.05, 3.63) is 47.8 Å². The van der Waals surface area contributed by atoms with Gasteiger partial charge in [-0.05, 0) is 31.9 Å². The number of nitrogens with zero attached hydrogens (tertiary/aromatic N) is 4. The number of benzene rings is 1. The minimum atomic E-state index is -0.156. The average molecular weight is 326 g/mol. The van der Waals surface area contributed by atoms with Gasteiger partial charge in [0.2, 0.25) is 5.91 Å². The molecule has 0 atom stereocenters. The molecule has 2 aromatic rings. The molecule has 1 aliphatic rings. The van der Waals surface area contributed by atoms with E-state index >= 15 is 0 Å². The van der Waals surface area contributed by atoms with Gasteiger partial charge >= 0.3 is 0 Å². The van der Waals surface area contributed by atoms with Gasteiger partial charge in [-0.15, -0.1) is 0 Å². The third-order valence-corrected chi connectivity index (χ3v) is 4.26. The van der Waals surface area contributed by atoms with Gasteiger partial charge in [0.1, 0.15) is 0 Å². The lowest BCUT2D eigenvalue weighted by Gasteiger charge is -2.27. The summed E-state index contributed by atoms with van der Waals surface area (Å²) in [6.07, 6.45) is 3.65. The first-order valence-corrected chi connectivity index (χ1v) is 8.35. The highest BCUT2D eigenvalue weighted by molar-refractivity contribution is 5.96. The maximum atomic E-state index is 12.9. The lowest BCUT2D eigenvalue weighted by Crippen LogP contribution is -2.44. The van der Waals surface area contributed by atoms with Crippen LogP contribution in [0.3, 0.4) is 0 Å². The van der Waals surface area contributed by atoms with Crippen molar-refractivity contribution in [3.63, 3.8) is 0 Å². The fourth-order valence-electron chi connectivity index (χ4n) is 3.01. The summed E-state index contributed by atoms with van der Waals surface area (Å²) >= 11 is 0. The van der Waals surface area contributed by atoms with Gasteiger partial charge in [0.05, 0.1) is 23.1 Å². The largest absolute Gasteiger partial charge is 0.275 e. The summed E-state index contributed by atoms with van der Waals surface area (Å²) in [4.78, 5) is 25.1. The number of amides is 2. The molecular weight excluding hydrogens is 304 g/mol. The zero-order valence-electron chi connectivity index (χ0n) is 14.1. The van der Waals surface area contributed by atoms with E-state index in [1.807, 2.05) is 44.2 Å². The van der Waals surface area contributed by atoms with Gasteiger partial charge in [0.25, 0.3) is 5.91 Å². The number of hydrogen-bond acceptors (Lipinski definition) is 3. The molecule has 0 aliphatic carbocycles. The highest BCUT2D eigenvalue weighted by Crippen LogP contribution is 2.20. The van der Waals surface area contributed by atoms with Crippen molar-refractivity contribution in [2.45, 2.75) is 33.1 Å². The Bertz CT molecular complexity index is 739. The standard InChI is InChI=1S/C18H22N4O2/c1-3-8-17(23)20-11-7-12-21(20)18(24)16-13-19-22(14(16)2)15-9-5-4-6-10-15/h4-6,9-10,13H,3,7-8,11-12H2,1-2H3. The maximum absolute atomic E-state index is 12.9. The Hall–Kier alpha value is -2.63. The average Bonchev–Trinajstić information content (AvgIpc) is 3.22. The molecule has 3 rings (SSSR count). The number of carbonyl (C=O) groups excluding carboxylic acids is 2. The summed E-state index contributed by atoms with van der Waals surface area (Å²) in [5.41, 5.74) is 2.23. The Morgan fingerprint density at radius 1 is 1.12 bits per heavy atom. The van der Waals surface area contributed by atoms with E-state index in [1.54, 1.807) is 20.9 Å². The third-order valence-electron chi connectivity index (χ3n) is 4.26. The van der Waals surface area contributed by atoms with Crippen molar-refractivity contribution in [3.8, 4) is 5.69 Å². The van der Waals surface area contributed by atoms with E-state index in [1.165, 1.54) is 0 Å². The van der Waals surface area contributed by atoms with Gasteiger partial charge in [0, 0.05) is 19.5 Å². The molecule has 6 heteroatoms. The highest BCUT2D eigenvalue weighted by Gasteiger charge is 2.32. The zero-order valence-corrected chi connectivity index (χ0v) is 14.1. The first-order chi connectivity index (χ1) is 11.6. The van der Waals surface area contributed by atoms with Crippen molar-refractivity contribution in [2.75, 3.05) is 13.1 Å². The molecular formula is C18H22N4O2. The molecule has 1 aromatic carbocycles. The minimum absolute atomic E-state index is 0.0106. The Balaban J connectivity index is 1.85. The van der Waals surface area contributed by atoms with Gasteiger partial charge in [-0.1, -0.05) is 25.1 Å². The molecule has 1 aromatic heterocycles. The summed E-state index contributed by atoms with van der Waals surface area (Å²) in [6, 6.07) is 9.70. The van der Waals surface area contributed by atoms with Gasteiger partial charge in [-0.3, -0.25) is 14.6 Å². The summed E-state index contributed by atoms with van der Waals surface area (Å²) < 4.78 is 1.75. The molecule has 1 aliphatic heterocycles. The molecule has 0 bridgehead atoms. The lowest BCUT2D eigenvalue weighted by molar-refractivity contribution is -0.140. The van der Waals surface area contributed by atoms with Crippen LogP contribution in [-0.4, -0.2) is 44.7 Å². The molecule has 126 valence electrons. The number of hydrazine groups is 1.